The Morgan fingerprint density at radius 3 is 2.16 bits per heavy atom. The van der Waals surface area contributed by atoms with Gasteiger partial charge in [-0.15, -0.1) is 0 Å². The average Bonchev–Trinajstić information content (AvgIpc) is 2.28. The topological polar surface area (TPSA) is 49.8 Å². The van der Waals surface area contributed by atoms with Gasteiger partial charge in [-0.25, -0.2) is 9.18 Å². The van der Waals surface area contributed by atoms with Gasteiger partial charge in [-0.3, -0.25) is 0 Å². The highest BCUT2D eigenvalue weighted by molar-refractivity contribution is 5.68. The van der Waals surface area contributed by atoms with Crippen molar-refractivity contribution in [1.29, 1.82) is 0 Å². The zero-order valence-corrected chi connectivity index (χ0v) is 12.8. The molecule has 5 heteroatoms. The molecule has 0 bridgehead atoms. The van der Waals surface area contributed by atoms with Crippen molar-refractivity contribution in [2.45, 2.75) is 71.8 Å². The van der Waals surface area contributed by atoms with Crippen LogP contribution in [0.15, 0.2) is 0 Å². The summed E-state index contributed by atoms with van der Waals surface area (Å²) in [5.74, 6) is 0. The molecule has 1 unspecified atom stereocenters. The van der Waals surface area contributed by atoms with E-state index in [2.05, 4.69) is 0 Å². The maximum atomic E-state index is 11.5. The number of halogens is 1. The molecule has 19 heavy (non-hydrogen) atoms. The smallest absolute Gasteiger partial charge is 0.410 e. The number of carbonyl (C=O) groups excluding carboxylic acids is 1. The molecule has 0 aliphatic carbocycles. The van der Waals surface area contributed by atoms with Crippen molar-refractivity contribution in [2.75, 3.05) is 13.1 Å². The molecule has 0 spiro atoms. The van der Waals surface area contributed by atoms with Gasteiger partial charge in [0.05, 0.1) is 12.3 Å². The zero-order valence-electron chi connectivity index (χ0n) is 12.8. The Morgan fingerprint density at radius 1 is 1.42 bits per heavy atom. The fourth-order valence-electron chi connectivity index (χ4n) is 1.37. The minimum absolute atomic E-state index is 0.256. The van der Waals surface area contributed by atoms with E-state index in [1.54, 1.807) is 11.8 Å². The van der Waals surface area contributed by atoms with Gasteiger partial charge < -0.3 is 14.7 Å². The first-order valence-corrected chi connectivity index (χ1v) is 6.95. The van der Waals surface area contributed by atoms with E-state index in [0.717, 1.165) is 0 Å². The minimum atomic E-state index is -0.616. The molecule has 1 amide bonds. The van der Waals surface area contributed by atoms with Crippen LogP contribution < -0.4 is 0 Å². The van der Waals surface area contributed by atoms with E-state index >= 15 is 0 Å². The maximum absolute atomic E-state index is 11.5. The molecule has 1 aliphatic heterocycles. The Labute approximate surface area is 115 Å². The summed E-state index contributed by atoms with van der Waals surface area (Å²) in [6.45, 7) is 10.1. The van der Waals surface area contributed by atoms with Crippen molar-refractivity contribution in [1.82, 2.24) is 4.90 Å². The minimum Gasteiger partial charge on any atom is -0.444 e. The SMILES string of the molecule is CC(C)(C)OC(=O)N1CCC(O)CC1.CCC(C)F. The summed E-state index contributed by atoms with van der Waals surface area (Å²) < 4.78 is 16.6. The lowest BCUT2D eigenvalue weighted by Gasteiger charge is -2.31. The summed E-state index contributed by atoms with van der Waals surface area (Å²) in [6, 6.07) is 0. The third-order valence-electron chi connectivity index (χ3n) is 2.68. The van der Waals surface area contributed by atoms with Gasteiger partial charge in [0.25, 0.3) is 0 Å². The molecule has 1 heterocycles. The van der Waals surface area contributed by atoms with Crippen LogP contribution in [-0.4, -0.2) is 47.1 Å². The fourth-order valence-corrected chi connectivity index (χ4v) is 1.37. The monoisotopic (exact) mass is 277 g/mol. The van der Waals surface area contributed by atoms with Gasteiger partial charge in [0, 0.05) is 13.1 Å². The number of alkyl halides is 1. The Bertz CT molecular complexity index is 256. The quantitative estimate of drug-likeness (QED) is 0.801. The summed E-state index contributed by atoms with van der Waals surface area (Å²) in [5.41, 5.74) is -0.437. The highest BCUT2D eigenvalue weighted by Crippen LogP contribution is 2.14. The number of likely N-dealkylation sites (tertiary alicyclic amines) is 1. The van der Waals surface area contributed by atoms with Gasteiger partial charge >= 0.3 is 6.09 Å². The van der Waals surface area contributed by atoms with Gasteiger partial charge in [0.1, 0.15) is 5.60 Å². The number of aliphatic hydroxyl groups is 1. The second-order valence-electron chi connectivity index (χ2n) is 5.89. The number of carbonyl (C=O) groups is 1. The third kappa shape index (κ3) is 9.70. The third-order valence-corrected chi connectivity index (χ3v) is 2.68. The average molecular weight is 277 g/mol. The van der Waals surface area contributed by atoms with Crippen LogP contribution in [0.4, 0.5) is 9.18 Å². The molecule has 1 fully saturated rings. The number of amides is 1. The zero-order chi connectivity index (χ0) is 15.1. The number of hydrogen-bond donors (Lipinski definition) is 1. The first-order chi connectivity index (χ1) is 8.65. The van der Waals surface area contributed by atoms with E-state index < -0.39 is 11.8 Å². The molecule has 4 nitrogen and oxygen atoms in total. The predicted molar refractivity (Wildman–Crippen MR) is 73.9 cm³/mol. The summed E-state index contributed by atoms with van der Waals surface area (Å²) in [5, 5.41) is 9.26. The Kier molecular flexibility index (Phi) is 7.99. The summed E-state index contributed by atoms with van der Waals surface area (Å²) in [6.07, 6.45) is 0.798. The standard InChI is InChI=1S/C10H19NO3.C4H9F/c1-10(2,3)14-9(13)11-6-4-8(12)5-7-11;1-3-4(2)5/h8,12H,4-7H2,1-3H3;4H,3H2,1-2H3. The molecule has 114 valence electrons. The highest BCUT2D eigenvalue weighted by Gasteiger charge is 2.25. The number of rotatable bonds is 1. The highest BCUT2D eigenvalue weighted by atomic mass is 19.1. The molecular weight excluding hydrogens is 249 g/mol. The second kappa shape index (κ2) is 8.35. The lowest BCUT2D eigenvalue weighted by molar-refractivity contribution is 0.0101. The number of ether oxygens (including phenoxy) is 1. The maximum Gasteiger partial charge on any atom is 0.410 e. The lowest BCUT2D eigenvalue weighted by Crippen LogP contribution is -2.42. The van der Waals surface area contributed by atoms with Crippen LogP contribution in [0.1, 0.15) is 53.9 Å². The summed E-state index contributed by atoms with van der Waals surface area (Å²) in [4.78, 5) is 13.2. The van der Waals surface area contributed by atoms with Crippen LogP contribution in [0, 0.1) is 0 Å². The molecule has 0 aromatic carbocycles. The van der Waals surface area contributed by atoms with Crippen LogP contribution in [0.3, 0.4) is 0 Å². The van der Waals surface area contributed by atoms with E-state index in [-0.39, 0.29) is 12.2 Å². The fraction of sp³-hybridized carbons (Fsp3) is 0.929. The largest absolute Gasteiger partial charge is 0.444 e. The van der Waals surface area contributed by atoms with Crippen LogP contribution >= 0.6 is 0 Å². The van der Waals surface area contributed by atoms with Crippen molar-refractivity contribution >= 4 is 6.09 Å². The molecule has 0 aromatic rings. The van der Waals surface area contributed by atoms with Crippen molar-refractivity contribution < 1.29 is 19.0 Å². The lowest BCUT2D eigenvalue weighted by atomic mass is 10.1. The Morgan fingerprint density at radius 2 is 1.84 bits per heavy atom. The molecule has 1 rings (SSSR count). The number of aliphatic hydroxyl groups excluding tert-OH is 1. The van der Waals surface area contributed by atoms with E-state index in [1.807, 2.05) is 27.7 Å². The Balaban J connectivity index is 0.000000555. The normalized spacial score (nSPS) is 18.4. The molecule has 1 saturated heterocycles. The summed E-state index contributed by atoms with van der Waals surface area (Å²) >= 11 is 0. The van der Waals surface area contributed by atoms with Crippen LogP contribution in [0.5, 0.6) is 0 Å². The number of hydrogen-bond acceptors (Lipinski definition) is 3. The molecule has 0 radical (unpaired) electrons. The first kappa shape index (κ1) is 18.2. The van der Waals surface area contributed by atoms with Crippen molar-refractivity contribution in [2.24, 2.45) is 0 Å². The summed E-state index contributed by atoms with van der Waals surface area (Å²) in [7, 11) is 0. The number of nitrogens with zero attached hydrogens (tertiary/aromatic N) is 1. The van der Waals surface area contributed by atoms with E-state index in [9.17, 15) is 14.3 Å². The van der Waals surface area contributed by atoms with Crippen molar-refractivity contribution in [3.8, 4) is 0 Å². The molecule has 0 aromatic heterocycles. The van der Waals surface area contributed by atoms with Gasteiger partial charge in [-0.2, -0.15) is 0 Å². The van der Waals surface area contributed by atoms with Gasteiger partial charge in [0.2, 0.25) is 0 Å². The van der Waals surface area contributed by atoms with Crippen molar-refractivity contribution in [3.05, 3.63) is 0 Å². The van der Waals surface area contributed by atoms with E-state index in [0.29, 0.717) is 32.4 Å². The van der Waals surface area contributed by atoms with Gasteiger partial charge in [-0.1, -0.05) is 6.92 Å². The molecule has 1 atom stereocenters. The van der Waals surface area contributed by atoms with E-state index in [1.165, 1.54) is 0 Å². The first-order valence-electron chi connectivity index (χ1n) is 6.95. The molecule has 1 aliphatic rings. The molecule has 1 N–H and O–H groups in total. The van der Waals surface area contributed by atoms with Gasteiger partial charge in [-0.05, 0) is 47.0 Å². The number of piperidine rings is 1. The van der Waals surface area contributed by atoms with Crippen LogP contribution in [-0.2, 0) is 4.74 Å². The second-order valence-corrected chi connectivity index (χ2v) is 5.89. The van der Waals surface area contributed by atoms with E-state index in [4.69, 9.17) is 4.74 Å². The molecular formula is C14H28FNO3. The Hall–Kier alpha value is -0.840. The predicted octanol–water partition coefficient (Wildman–Crippen LogP) is 3.13. The van der Waals surface area contributed by atoms with Crippen LogP contribution in [0.2, 0.25) is 0 Å². The molecule has 0 saturated carbocycles. The van der Waals surface area contributed by atoms with Gasteiger partial charge in [0.15, 0.2) is 0 Å². The van der Waals surface area contributed by atoms with Crippen molar-refractivity contribution in [3.63, 3.8) is 0 Å². The van der Waals surface area contributed by atoms with Crippen LogP contribution in [0.25, 0.3) is 0 Å².